The van der Waals surface area contributed by atoms with E-state index in [1.807, 2.05) is 31.2 Å². The molecule has 1 fully saturated rings. The fourth-order valence-corrected chi connectivity index (χ4v) is 3.29. The standard InChI is InChI=1S/C20H24N4O5/c1-11-6-8-13(9-7-11)17-18(29-10-14(25)23(17)3)19(26)21-15-12(2)24(4)22-16(15)20(27)28-5/h6-9,17-18H,10H2,1-5H3,(H,21,26). The van der Waals surface area contributed by atoms with Crippen LogP contribution in [0.15, 0.2) is 24.3 Å². The molecule has 1 aromatic heterocycles. The molecule has 0 spiro atoms. The van der Waals surface area contributed by atoms with Crippen molar-refractivity contribution < 1.29 is 23.9 Å². The minimum Gasteiger partial charge on any atom is -0.464 e. The summed E-state index contributed by atoms with van der Waals surface area (Å²) in [6.45, 7) is 3.48. The number of likely N-dealkylation sites (N-methyl/N-ethyl adjacent to an activating group) is 1. The Morgan fingerprint density at radius 3 is 2.48 bits per heavy atom. The van der Waals surface area contributed by atoms with E-state index in [2.05, 4.69) is 10.4 Å². The van der Waals surface area contributed by atoms with Gasteiger partial charge in [0.25, 0.3) is 5.91 Å². The highest BCUT2D eigenvalue weighted by Crippen LogP contribution is 2.31. The van der Waals surface area contributed by atoms with Gasteiger partial charge in [-0.05, 0) is 19.4 Å². The van der Waals surface area contributed by atoms with Crippen molar-refractivity contribution in [3.05, 3.63) is 46.8 Å². The highest BCUT2D eigenvalue weighted by Gasteiger charge is 2.40. The fraction of sp³-hybridized carbons (Fsp3) is 0.400. The second-order valence-electron chi connectivity index (χ2n) is 7.01. The maximum Gasteiger partial charge on any atom is 0.360 e. The topological polar surface area (TPSA) is 103 Å². The molecule has 154 valence electrons. The Labute approximate surface area is 168 Å². The predicted octanol–water partition coefficient (Wildman–Crippen LogP) is 1.36. The van der Waals surface area contributed by atoms with E-state index >= 15 is 0 Å². The Kier molecular flexibility index (Phi) is 5.69. The van der Waals surface area contributed by atoms with E-state index in [4.69, 9.17) is 9.47 Å². The van der Waals surface area contributed by atoms with E-state index in [9.17, 15) is 14.4 Å². The van der Waals surface area contributed by atoms with Gasteiger partial charge in [-0.1, -0.05) is 29.8 Å². The number of hydrogen-bond acceptors (Lipinski definition) is 6. The number of amides is 2. The molecule has 1 aliphatic heterocycles. The van der Waals surface area contributed by atoms with E-state index in [0.29, 0.717) is 5.69 Å². The zero-order valence-corrected chi connectivity index (χ0v) is 17.1. The summed E-state index contributed by atoms with van der Waals surface area (Å²) in [5, 5.41) is 6.86. The first-order valence-electron chi connectivity index (χ1n) is 9.11. The molecule has 9 nitrogen and oxygen atoms in total. The van der Waals surface area contributed by atoms with Crippen LogP contribution in [0.2, 0.25) is 0 Å². The number of esters is 1. The first kappa shape index (κ1) is 20.5. The molecular formula is C20H24N4O5. The van der Waals surface area contributed by atoms with E-state index in [1.54, 1.807) is 21.0 Å². The minimum absolute atomic E-state index is 0.00739. The number of methoxy groups -OCH3 is 1. The molecule has 0 bridgehead atoms. The summed E-state index contributed by atoms with van der Waals surface area (Å²) in [6, 6.07) is 6.97. The van der Waals surface area contributed by atoms with Crippen molar-refractivity contribution in [3.63, 3.8) is 0 Å². The lowest BCUT2D eigenvalue weighted by molar-refractivity contribution is -0.160. The molecule has 2 aromatic rings. The number of anilines is 1. The molecule has 1 aliphatic rings. The van der Waals surface area contributed by atoms with E-state index < -0.39 is 24.0 Å². The molecule has 29 heavy (non-hydrogen) atoms. The van der Waals surface area contributed by atoms with E-state index in [1.165, 1.54) is 16.7 Å². The zero-order chi connectivity index (χ0) is 21.3. The summed E-state index contributed by atoms with van der Waals surface area (Å²) in [5.74, 6) is -1.35. The van der Waals surface area contributed by atoms with Crippen molar-refractivity contribution in [1.82, 2.24) is 14.7 Å². The molecule has 3 rings (SSSR count). The van der Waals surface area contributed by atoms with Crippen LogP contribution >= 0.6 is 0 Å². The Bertz CT molecular complexity index is 951. The predicted molar refractivity (Wildman–Crippen MR) is 104 cm³/mol. The summed E-state index contributed by atoms with van der Waals surface area (Å²) >= 11 is 0. The highest BCUT2D eigenvalue weighted by atomic mass is 16.5. The molecular weight excluding hydrogens is 376 g/mol. The monoisotopic (exact) mass is 400 g/mol. The van der Waals surface area contributed by atoms with Gasteiger partial charge in [0.15, 0.2) is 11.8 Å². The third kappa shape index (κ3) is 3.86. The normalized spacial score (nSPS) is 19.2. The smallest absolute Gasteiger partial charge is 0.360 e. The van der Waals surface area contributed by atoms with Crippen molar-refractivity contribution in [2.45, 2.75) is 26.0 Å². The van der Waals surface area contributed by atoms with Crippen LogP contribution in [0.1, 0.15) is 33.4 Å². The number of benzene rings is 1. The van der Waals surface area contributed by atoms with Crippen molar-refractivity contribution in [2.24, 2.45) is 7.05 Å². The molecule has 2 atom stereocenters. The number of nitrogens with one attached hydrogen (secondary N) is 1. The van der Waals surface area contributed by atoms with E-state index in [-0.39, 0.29) is 23.9 Å². The fourth-order valence-electron chi connectivity index (χ4n) is 3.29. The number of hydrogen-bond donors (Lipinski definition) is 1. The van der Waals surface area contributed by atoms with Gasteiger partial charge < -0.3 is 19.7 Å². The van der Waals surface area contributed by atoms with Crippen LogP contribution in [0, 0.1) is 13.8 Å². The number of carbonyl (C=O) groups excluding carboxylic acids is 3. The van der Waals surface area contributed by atoms with Gasteiger partial charge in [-0.3, -0.25) is 14.3 Å². The lowest BCUT2D eigenvalue weighted by Gasteiger charge is -2.38. The Balaban J connectivity index is 1.94. The number of ether oxygens (including phenoxy) is 2. The van der Waals surface area contributed by atoms with Crippen molar-refractivity contribution in [2.75, 3.05) is 26.1 Å². The number of nitrogens with zero attached hydrogens (tertiary/aromatic N) is 3. The van der Waals surface area contributed by atoms with Crippen molar-refractivity contribution in [3.8, 4) is 0 Å². The Morgan fingerprint density at radius 1 is 1.21 bits per heavy atom. The van der Waals surface area contributed by atoms with Gasteiger partial charge in [0.05, 0.1) is 24.5 Å². The molecule has 2 unspecified atom stereocenters. The van der Waals surface area contributed by atoms with Crippen molar-refractivity contribution >= 4 is 23.5 Å². The van der Waals surface area contributed by atoms with Gasteiger partial charge in [-0.2, -0.15) is 5.10 Å². The molecule has 1 N–H and O–H groups in total. The second-order valence-corrected chi connectivity index (χ2v) is 7.01. The Morgan fingerprint density at radius 2 is 1.86 bits per heavy atom. The van der Waals surface area contributed by atoms with Crippen molar-refractivity contribution in [1.29, 1.82) is 0 Å². The molecule has 2 heterocycles. The lowest BCUT2D eigenvalue weighted by atomic mass is 9.96. The minimum atomic E-state index is -0.953. The number of rotatable bonds is 4. The maximum atomic E-state index is 13.1. The molecule has 1 saturated heterocycles. The quantitative estimate of drug-likeness (QED) is 0.778. The van der Waals surface area contributed by atoms with Crippen LogP contribution in [-0.4, -0.2) is 59.3 Å². The summed E-state index contributed by atoms with van der Waals surface area (Å²) in [7, 11) is 4.55. The van der Waals surface area contributed by atoms with Gasteiger partial charge in [0.2, 0.25) is 5.91 Å². The highest BCUT2D eigenvalue weighted by molar-refractivity contribution is 6.02. The second kappa shape index (κ2) is 8.04. The van der Waals surface area contributed by atoms with Crippen LogP contribution in [0.3, 0.4) is 0 Å². The molecule has 0 saturated carbocycles. The molecule has 0 radical (unpaired) electrons. The number of aromatic nitrogens is 2. The third-order valence-electron chi connectivity index (χ3n) is 5.12. The number of carbonyl (C=O) groups is 3. The largest absolute Gasteiger partial charge is 0.464 e. The summed E-state index contributed by atoms with van der Waals surface area (Å²) < 4.78 is 11.9. The summed E-state index contributed by atoms with van der Waals surface area (Å²) in [6.07, 6.45) is -0.953. The first-order chi connectivity index (χ1) is 13.7. The molecule has 2 amide bonds. The third-order valence-corrected chi connectivity index (χ3v) is 5.12. The zero-order valence-electron chi connectivity index (χ0n) is 17.1. The van der Waals surface area contributed by atoms with Gasteiger partial charge >= 0.3 is 5.97 Å². The van der Waals surface area contributed by atoms with Crippen LogP contribution in [-0.2, 0) is 26.1 Å². The maximum absolute atomic E-state index is 13.1. The van der Waals surface area contributed by atoms with Crippen LogP contribution in [0.5, 0.6) is 0 Å². The first-order valence-corrected chi connectivity index (χ1v) is 9.11. The average molecular weight is 400 g/mol. The van der Waals surface area contributed by atoms with Gasteiger partial charge in [-0.15, -0.1) is 0 Å². The lowest BCUT2D eigenvalue weighted by Crippen LogP contribution is -2.51. The SMILES string of the molecule is COC(=O)c1nn(C)c(C)c1NC(=O)C1OCC(=O)N(C)C1c1ccc(C)cc1. The molecule has 0 aliphatic carbocycles. The van der Waals surface area contributed by atoms with Crippen LogP contribution in [0.4, 0.5) is 5.69 Å². The summed E-state index contributed by atoms with van der Waals surface area (Å²) in [4.78, 5) is 38.9. The average Bonchev–Trinajstić information content (AvgIpc) is 2.98. The molecule has 9 heteroatoms. The summed E-state index contributed by atoms with van der Waals surface area (Å²) in [5.41, 5.74) is 2.70. The number of morpholine rings is 1. The van der Waals surface area contributed by atoms with E-state index in [0.717, 1.165) is 11.1 Å². The van der Waals surface area contributed by atoms with Gasteiger partial charge in [-0.25, -0.2) is 4.79 Å². The Hall–Kier alpha value is -3.20. The van der Waals surface area contributed by atoms with Gasteiger partial charge in [0, 0.05) is 14.1 Å². The molecule has 1 aromatic carbocycles. The number of aryl methyl sites for hydroxylation is 2. The van der Waals surface area contributed by atoms with Crippen LogP contribution in [0.25, 0.3) is 0 Å². The van der Waals surface area contributed by atoms with Crippen LogP contribution < -0.4 is 5.32 Å². The van der Waals surface area contributed by atoms with Gasteiger partial charge in [0.1, 0.15) is 6.61 Å².